The van der Waals surface area contributed by atoms with E-state index in [4.69, 9.17) is 14.6 Å². The van der Waals surface area contributed by atoms with Crippen LogP contribution in [0.5, 0.6) is 0 Å². The highest BCUT2D eigenvalue weighted by molar-refractivity contribution is 4.98. The summed E-state index contributed by atoms with van der Waals surface area (Å²) in [5, 5.41) is 18.3. The maximum absolute atomic E-state index is 9.24. The van der Waals surface area contributed by atoms with Gasteiger partial charge in [-0.05, 0) is 6.92 Å². The van der Waals surface area contributed by atoms with Gasteiger partial charge in [-0.1, -0.05) is 0 Å². The van der Waals surface area contributed by atoms with Crippen LogP contribution in [0.3, 0.4) is 0 Å². The molecule has 0 spiro atoms. The molecule has 4 heteroatoms. The first-order chi connectivity index (χ1) is 4.70. The van der Waals surface area contributed by atoms with Crippen LogP contribution in [0.4, 0.5) is 0 Å². The molecule has 4 nitrogen and oxygen atoms in total. The summed E-state index contributed by atoms with van der Waals surface area (Å²) in [4.78, 5) is 0. The summed E-state index contributed by atoms with van der Waals surface area (Å²) in [6.07, 6.45) is -2.22. The minimum absolute atomic E-state index is 0.196. The second kappa shape index (κ2) is 1.92. The van der Waals surface area contributed by atoms with E-state index in [1.165, 1.54) is 0 Å². The maximum Gasteiger partial charge on any atom is 0.184 e. The fraction of sp³-hybridized carbons (Fsp3) is 1.00. The number of ether oxygens (including phenoxy) is 2. The van der Waals surface area contributed by atoms with Crippen molar-refractivity contribution in [2.75, 3.05) is 0 Å². The van der Waals surface area contributed by atoms with E-state index in [0.29, 0.717) is 0 Å². The van der Waals surface area contributed by atoms with E-state index >= 15 is 0 Å². The summed E-state index contributed by atoms with van der Waals surface area (Å²) < 4.78 is 9.88. The van der Waals surface area contributed by atoms with Gasteiger partial charge in [-0.25, -0.2) is 0 Å². The van der Waals surface area contributed by atoms with Gasteiger partial charge in [-0.2, -0.15) is 0 Å². The Bertz CT molecular complexity index is 147. The summed E-state index contributed by atoms with van der Waals surface area (Å²) in [6.45, 7) is 1.71. The van der Waals surface area contributed by atoms with Gasteiger partial charge in [0.15, 0.2) is 6.29 Å². The van der Waals surface area contributed by atoms with Crippen LogP contribution in [-0.2, 0) is 9.47 Å². The molecule has 2 aliphatic heterocycles. The molecular formula is C6H10O4. The molecule has 58 valence electrons. The molecule has 10 heavy (non-hydrogen) atoms. The fourth-order valence-corrected chi connectivity index (χ4v) is 1.29. The van der Waals surface area contributed by atoms with Crippen molar-refractivity contribution in [3.05, 3.63) is 0 Å². The Kier molecular flexibility index (Phi) is 1.25. The SMILES string of the molecule is C[C@H]1O[C@@H](O)[C@@H]2O[C@@H]2[C@H]1O. The monoisotopic (exact) mass is 146 g/mol. The summed E-state index contributed by atoms with van der Waals surface area (Å²) >= 11 is 0. The van der Waals surface area contributed by atoms with Crippen molar-refractivity contribution in [2.24, 2.45) is 0 Å². The van der Waals surface area contributed by atoms with Crippen molar-refractivity contribution in [1.29, 1.82) is 0 Å². The van der Waals surface area contributed by atoms with Gasteiger partial charge in [0.05, 0.1) is 6.10 Å². The van der Waals surface area contributed by atoms with Crippen LogP contribution in [-0.4, -0.2) is 40.9 Å². The number of rotatable bonds is 0. The Morgan fingerprint density at radius 3 is 2.50 bits per heavy atom. The zero-order valence-electron chi connectivity index (χ0n) is 5.60. The molecule has 2 aliphatic rings. The number of aliphatic hydroxyl groups is 2. The van der Waals surface area contributed by atoms with Crippen molar-refractivity contribution in [3.63, 3.8) is 0 Å². The van der Waals surface area contributed by atoms with Gasteiger partial charge in [0.1, 0.15) is 18.3 Å². The minimum Gasteiger partial charge on any atom is -0.388 e. The molecule has 5 atom stereocenters. The quantitative estimate of drug-likeness (QED) is 0.424. The van der Waals surface area contributed by atoms with E-state index in [2.05, 4.69) is 0 Å². The molecule has 0 aromatic carbocycles. The van der Waals surface area contributed by atoms with E-state index in [-0.39, 0.29) is 18.3 Å². The lowest BCUT2D eigenvalue weighted by Crippen LogP contribution is -2.43. The zero-order valence-corrected chi connectivity index (χ0v) is 5.60. The van der Waals surface area contributed by atoms with Gasteiger partial charge in [-0.15, -0.1) is 0 Å². The van der Waals surface area contributed by atoms with E-state index in [1.807, 2.05) is 0 Å². The van der Waals surface area contributed by atoms with Crippen LogP contribution < -0.4 is 0 Å². The molecule has 0 amide bonds. The lowest BCUT2D eigenvalue weighted by atomic mass is 10.1. The lowest BCUT2D eigenvalue weighted by Gasteiger charge is -2.24. The summed E-state index contributed by atoms with van der Waals surface area (Å²) in [5.41, 5.74) is 0. The topological polar surface area (TPSA) is 62.2 Å². The molecule has 0 unspecified atom stereocenters. The second-order valence-corrected chi connectivity index (χ2v) is 2.79. The number of epoxide rings is 1. The predicted molar refractivity (Wildman–Crippen MR) is 31.2 cm³/mol. The van der Waals surface area contributed by atoms with Crippen molar-refractivity contribution in [1.82, 2.24) is 0 Å². The van der Waals surface area contributed by atoms with E-state index in [0.717, 1.165) is 0 Å². The van der Waals surface area contributed by atoms with Crippen LogP contribution in [0.2, 0.25) is 0 Å². The lowest BCUT2D eigenvalue weighted by molar-refractivity contribution is -0.178. The normalized spacial score (nSPS) is 59.7. The fourth-order valence-electron chi connectivity index (χ4n) is 1.29. The Balaban J connectivity index is 2.05. The zero-order chi connectivity index (χ0) is 7.30. The van der Waals surface area contributed by atoms with E-state index in [1.54, 1.807) is 6.92 Å². The molecule has 0 radical (unpaired) electrons. The van der Waals surface area contributed by atoms with Gasteiger partial charge >= 0.3 is 0 Å². The average molecular weight is 146 g/mol. The van der Waals surface area contributed by atoms with Crippen LogP contribution in [0, 0.1) is 0 Å². The highest BCUT2D eigenvalue weighted by Gasteiger charge is 2.55. The van der Waals surface area contributed by atoms with Crippen molar-refractivity contribution in [3.8, 4) is 0 Å². The molecule has 2 fully saturated rings. The molecule has 2 N–H and O–H groups in total. The molecule has 0 saturated carbocycles. The number of hydrogen-bond acceptors (Lipinski definition) is 4. The molecular weight excluding hydrogens is 136 g/mol. The maximum atomic E-state index is 9.24. The Hall–Kier alpha value is -0.160. The number of hydrogen-bond donors (Lipinski definition) is 2. The van der Waals surface area contributed by atoms with Crippen molar-refractivity contribution >= 4 is 0 Å². The minimum atomic E-state index is -0.844. The third kappa shape index (κ3) is 0.769. The summed E-state index contributed by atoms with van der Waals surface area (Å²) in [6, 6.07) is 0. The largest absolute Gasteiger partial charge is 0.388 e. The molecule has 0 bridgehead atoms. The third-order valence-corrected chi connectivity index (χ3v) is 2.01. The standard InChI is InChI=1S/C6H10O4/c1-2-3(7)4-5(10-4)6(8)9-2/h2-8H,1H3/t2-,3+,4-,5-,6-/m1/s1. The van der Waals surface area contributed by atoms with Gasteiger partial charge in [-0.3, -0.25) is 0 Å². The van der Waals surface area contributed by atoms with E-state index < -0.39 is 12.4 Å². The van der Waals surface area contributed by atoms with Gasteiger partial charge < -0.3 is 19.7 Å². The molecule has 2 heterocycles. The average Bonchev–Trinajstić information content (AvgIpc) is 2.61. The molecule has 0 aliphatic carbocycles. The third-order valence-electron chi connectivity index (χ3n) is 2.01. The number of aliphatic hydroxyl groups excluding tert-OH is 2. The predicted octanol–water partition coefficient (Wildman–Crippen LogP) is -1.15. The molecule has 0 aromatic heterocycles. The van der Waals surface area contributed by atoms with Crippen molar-refractivity contribution < 1.29 is 19.7 Å². The summed E-state index contributed by atoms with van der Waals surface area (Å²) in [5.74, 6) is 0. The number of fused-ring (bicyclic) bond motifs is 1. The van der Waals surface area contributed by atoms with Crippen LogP contribution in [0.25, 0.3) is 0 Å². The Morgan fingerprint density at radius 2 is 1.80 bits per heavy atom. The first kappa shape index (κ1) is 6.54. The van der Waals surface area contributed by atoms with Crippen LogP contribution >= 0.6 is 0 Å². The first-order valence-electron chi connectivity index (χ1n) is 3.37. The van der Waals surface area contributed by atoms with Crippen LogP contribution in [0.1, 0.15) is 6.92 Å². The molecule has 2 rings (SSSR count). The Morgan fingerprint density at radius 1 is 1.10 bits per heavy atom. The van der Waals surface area contributed by atoms with Crippen molar-refractivity contribution in [2.45, 2.75) is 37.6 Å². The van der Waals surface area contributed by atoms with Gasteiger partial charge in [0.25, 0.3) is 0 Å². The van der Waals surface area contributed by atoms with E-state index in [9.17, 15) is 5.11 Å². The smallest absolute Gasteiger partial charge is 0.184 e. The molecule has 0 aromatic rings. The summed E-state index contributed by atoms with van der Waals surface area (Å²) in [7, 11) is 0. The highest BCUT2D eigenvalue weighted by atomic mass is 16.7. The molecule has 2 saturated heterocycles. The first-order valence-corrected chi connectivity index (χ1v) is 3.37. The van der Waals surface area contributed by atoms with Crippen LogP contribution in [0.15, 0.2) is 0 Å². The van der Waals surface area contributed by atoms with Gasteiger partial charge in [0, 0.05) is 0 Å². The van der Waals surface area contributed by atoms with Gasteiger partial charge in [0.2, 0.25) is 0 Å². The second-order valence-electron chi connectivity index (χ2n) is 2.79. The Labute approximate surface area is 58.4 Å². The highest BCUT2D eigenvalue weighted by Crippen LogP contribution is 2.35.